The fraction of sp³-hybridized carbons (Fsp3) is 0.750. The first kappa shape index (κ1) is 16.8. The summed E-state index contributed by atoms with van der Waals surface area (Å²) in [4.78, 5) is 15.0. The summed E-state index contributed by atoms with van der Waals surface area (Å²) in [7, 11) is 0. The van der Waals surface area contributed by atoms with Crippen LogP contribution in [0.15, 0.2) is 23.3 Å². The summed E-state index contributed by atoms with van der Waals surface area (Å²) < 4.78 is 5.80. The van der Waals surface area contributed by atoms with Gasteiger partial charge in [0.15, 0.2) is 0 Å². The van der Waals surface area contributed by atoms with Gasteiger partial charge in [0.25, 0.3) is 0 Å². The van der Waals surface area contributed by atoms with Gasteiger partial charge in [0, 0.05) is 12.5 Å². The number of likely N-dealkylation sites (tertiary alicyclic amines) is 1. The van der Waals surface area contributed by atoms with Crippen molar-refractivity contribution < 1.29 is 9.53 Å². The van der Waals surface area contributed by atoms with E-state index in [2.05, 4.69) is 30.9 Å². The number of hydrogen-bond donors (Lipinski definition) is 0. The minimum absolute atomic E-state index is 0.00295. The van der Waals surface area contributed by atoms with Gasteiger partial charge in [-0.05, 0) is 71.5 Å². The third-order valence-electron chi connectivity index (χ3n) is 5.75. The Morgan fingerprint density at radius 1 is 1.13 bits per heavy atom. The second-order valence-electron chi connectivity index (χ2n) is 7.67. The Labute approximate surface area is 140 Å². The van der Waals surface area contributed by atoms with Gasteiger partial charge in [0.05, 0.1) is 5.92 Å². The van der Waals surface area contributed by atoms with Crippen molar-refractivity contribution in [2.24, 2.45) is 11.8 Å². The number of hydrogen-bond acceptors (Lipinski definition) is 3. The van der Waals surface area contributed by atoms with E-state index in [1.54, 1.807) is 0 Å². The molecule has 0 amide bonds. The molecule has 3 heteroatoms. The van der Waals surface area contributed by atoms with Crippen LogP contribution in [-0.2, 0) is 9.53 Å². The zero-order valence-electron chi connectivity index (χ0n) is 14.7. The van der Waals surface area contributed by atoms with Gasteiger partial charge >= 0.3 is 5.97 Å². The highest BCUT2D eigenvalue weighted by atomic mass is 16.6. The molecule has 0 aromatic carbocycles. The van der Waals surface area contributed by atoms with Crippen molar-refractivity contribution in [2.75, 3.05) is 19.6 Å². The van der Waals surface area contributed by atoms with Gasteiger partial charge in [0.1, 0.15) is 6.10 Å². The van der Waals surface area contributed by atoms with Crippen LogP contribution in [0.1, 0.15) is 58.8 Å². The monoisotopic (exact) mass is 317 g/mol. The van der Waals surface area contributed by atoms with Crippen LogP contribution in [0, 0.1) is 11.8 Å². The van der Waals surface area contributed by atoms with E-state index >= 15 is 0 Å². The maximum absolute atomic E-state index is 12.5. The Balaban J connectivity index is 1.74. The molecule has 0 spiro atoms. The SMILES string of the molecule is C/C1=C\[C@H]2OC(=O)[C@@H](CN3CCCCC3)[C@@H]2CC/C(C)=C/CC1. The number of fused-ring (bicyclic) bond motifs is 1. The number of nitrogens with zero attached hydrogens (tertiary/aromatic N) is 1. The van der Waals surface area contributed by atoms with Gasteiger partial charge in [-0.15, -0.1) is 0 Å². The molecule has 23 heavy (non-hydrogen) atoms. The lowest BCUT2D eigenvalue weighted by Crippen LogP contribution is -2.38. The smallest absolute Gasteiger partial charge is 0.311 e. The zero-order chi connectivity index (χ0) is 16.2. The second-order valence-corrected chi connectivity index (χ2v) is 7.67. The number of carbonyl (C=O) groups excluding carboxylic acids is 1. The summed E-state index contributed by atoms with van der Waals surface area (Å²) in [6.07, 6.45) is 12.8. The molecule has 3 nitrogen and oxygen atoms in total. The average molecular weight is 317 g/mol. The van der Waals surface area contributed by atoms with Crippen molar-refractivity contribution in [3.05, 3.63) is 23.3 Å². The Morgan fingerprint density at radius 2 is 1.91 bits per heavy atom. The summed E-state index contributed by atoms with van der Waals surface area (Å²) in [5.41, 5.74) is 2.83. The first-order valence-corrected chi connectivity index (χ1v) is 9.39. The molecule has 0 aromatic heterocycles. The third kappa shape index (κ3) is 4.26. The maximum atomic E-state index is 12.5. The number of esters is 1. The average Bonchev–Trinajstić information content (AvgIpc) is 2.81. The number of rotatable bonds is 2. The minimum Gasteiger partial charge on any atom is -0.458 e. The lowest BCUT2D eigenvalue weighted by Gasteiger charge is -2.30. The van der Waals surface area contributed by atoms with Crippen LogP contribution in [0.4, 0.5) is 0 Å². The van der Waals surface area contributed by atoms with Gasteiger partial charge in [-0.1, -0.05) is 23.6 Å². The summed E-state index contributed by atoms with van der Waals surface area (Å²) in [6, 6.07) is 0. The maximum Gasteiger partial charge on any atom is 0.311 e. The summed E-state index contributed by atoms with van der Waals surface area (Å²) >= 11 is 0. The van der Waals surface area contributed by atoms with E-state index in [0.717, 1.165) is 45.3 Å². The fourth-order valence-electron chi connectivity index (χ4n) is 4.27. The molecule has 0 N–H and O–H groups in total. The normalized spacial score (nSPS) is 38.0. The first-order valence-electron chi connectivity index (χ1n) is 9.39. The summed E-state index contributed by atoms with van der Waals surface area (Å²) in [5, 5.41) is 0. The number of allylic oxidation sites excluding steroid dienone is 3. The molecule has 2 saturated heterocycles. The van der Waals surface area contributed by atoms with E-state index in [1.165, 1.54) is 30.4 Å². The second kappa shape index (κ2) is 7.65. The molecular weight excluding hydrogens is 286 g/mol. The molecule has 3 atom stereocenters. The first-order chi connectivity index (χ1) is 11.1. The standard InChI is InChI=1S/C20H31NO2/c1-15-7-6-8-16(2)13-19-17(10-9-15)18(20(22)23-19)14-21-11-4-3-5-12-21/h7,13,17-19H,3-6,8-12,14H2,1-2H3/b15-7+,16-13+/t17-,18-,19+/m0/s1. The Bertz CT molecular complexity index is 488. The Hall–Kier alpha value is -1.09. The van der Waals surface area contributed by atoms with E-state index in [0.29, 0.717) is 5.92 Å². The molecule has 0 radical (unpaired) electrons. The summed E-state index contributed by atoms with van der Waals surface area (Å²) in [5.74, 6) is 0.450. The van der Waals surface area contributed by atoms with Crippen molar-refractivity contribution in [1.29, 1.82) is 0 Å². The zero-order valence-corrected chi connectivity index (χ0v) is 14.7. The van der Waals surface area contributed by atoms with Gasteiger partial charge in [-0.2, -0.15) is 0 Å². The largest absolute Gasteiger partial charge is 0.458 e. The molecule has 2 aliphatic heterocycles. The number of piperidine rings is 1. The molecule has 2 heterocycles. The molecule has 3 aliphatic rings. The van der Waals surface area contributed by atoms with Gasteiger partial charge in [-0.25, -0.2) is 0 Å². The van der Waals surface area contributed by atoms with Crippen LogP contribution in [-0.4, -0.2) is 36.6 Å². The van der Waals surface area contributed by atoms with Crippen LogP contribution >= 0.6 is 0 Å². The lowest BCUT2D eigenvalue weighted by atomic mass is 9.83. The van der Waals surface area contributed by atoms with Gasteiger partial charge in [-0.3, -0.25) is 4.79 Å². The molecular formula is C20H31NO2. The molecule has 1 aliphatic carbocycles. The highest BCUT2D eigenvalue weighted by Gasteiger charge is 2.43. The minimum atomic E-state index is 0.00295. The summed E-state index contributed by atoms with van der Waals surface area (Å²) in [6.45, 7) is 7.60. The van der Waals surface area contributed by atoms with Crippen molar-refractivity contribution >= 4 is 5.97 Å². The van der Waals surface area contributed by atoms with Crippen molar-refractivity contribution in [3.63, 3.8) is 0 Å². The highest BCUT2D eigenvalue weighted by molar-refractivity contribution is 5.76. The Kier molecular flexibility index (Phi) is 5.58. The van der Waals surface area contributed by atoms with Crippen molar-refractivity contribution in [3.8, 4) is 0 Å². The Morgan fingerprint density at radius 3 is 2.70 bits per heavy atom. The van der Waals surface area contributed by atoms with E-state index in [-0.39, 0.29) is 18.0 Å². The molecule has 0 unspecified atom stereocenters. The number of carbonyl (C=O) groups is 1. The van der Waals surface area contributed by atoms with E-state index in [9.17, 15) is 4.79 Å². The van der Waals surface area contributed by atoms with Gasteiger partial charge < -0.3 is 9.64 Å². The van der Waals surface area contributed by atoms with Crippen molar-refractivity contribution in [2.45, 2.75) is 64.9 Å². The number of ether oxygens (including phenoxy) is 1. The molecule has 0 bridgehead atoms. The molecule has 2 fully saturated rings. The van der Waals surface area contributed by atoms with E-state index < -0.39 is 0 Å². The van der Waals surface area contributed by atoms with Gasteiger partial charge in [0.2, 0.25) is 0 Å². The van der Waals surface area contributed by atoms with Crippen LogP contribution in [0.5, 0.6) is 0 Å². The van der Waals surface area contributed by atoms with E-state index in [4.69, 9.17) is 4.74 Å². The van der Waals surface area contributed by atoms with Crippen LogP contribution in [0.3, 0.4) is 0 Å². The fourth-order valence-corrected chi connectivity index (χ4v) is 4.27. The topological polar surface area (TPSA) is 29.5 Å². The predicted molar refractivity (Wildman–Crippen MR) is 93.1 cm³/mol. The van der Waals surface area contributed by atoms with Crippen LogP contribution in [0.25, 0.3) is 0 Å². The molecule has 0 aromatic rings. The molecule has 128 valence electrons. The van der Waals surface area contributed by atoms with Crippen LogP contribution < -0.4 is 0 Å². The predicted octanol–water partition coefficient (Wildman–Crippen LogP) is 4.10. The third-order valence-corrected chi connectivity index (χ3v) is 5.75. The molecule has 0 saturated carbocycles. The lowest BCUT2D eigenvalue weighted by molar-refractivity contribution is -0.143. The molecule has 3 rings (SSSR count). The van der Waals surface area contributed by atoms with E-state index in [1.807, 2.05) is 0 Å². The quantitative estimate of drug-likeness (QED) is 0.567. The van der Waals surface area contributed by atoms with Crippen molar-refractivity contribution in [1.82, 2.24) is 4.90 Å². The van der Waals surface area contributed by atoms with Crippen LogP contribution in [0.2, 0.25) is 0 Å². The highest BCUT2D eigenvalue weighted by Crippen LogP contribution is 2.36.